The molecule has 6 rings (SSSR count). The van der Waals surface area contributed by atoms with Gasteiger partial charge in [0.2, 0.25) is 0 Å². The molecule has 0 fully saturated rings. The predicted molar refractivity (Wildman–Crippen MR) is 131 cm³/mol. The lowest BCUT2D eigenvalue weighted by Crippen LogP contribution is -2.21. The zero-order valence-corrected chi connectivity index (χ0v) is 18.3. The minimum Gasteiger partial charge on any atom is -0.485 e. The van der Waals surface area contributed by atoms with Gasteiger partial charge in [-0.1, -0.05) is 60.7 Å². The van der Waals surface area contributed by atoms with Crippen molar-refractivity contribution < 1.29 is 19.4 Å². The molecule has 4 aromatic carbocycles. The minimum atomic E-state index is -0.972. The van der Waals surface area contributed by atoms with Crippen LogP contribution in [-0.2, 0) is 6.42 Å². The molecule has 166 valence electrons. The van der Waals surface area contributed by atoms with Gasteiger partial charge in [-0.25, -0.2) is 9.78 Å². The Morgan fingerprint density at radius 3 is 2.50 bits per heavy atom. The number of hydrogen-bond donors (Lipinski definition) is 1. The van der Waals surface area contributed by atoms with Gasteiger partial charge in [0, 0.05) is 10.8 Å². The molecule has 1 aliphatic heterocycles. The smallest absolute Gasteiger partial charge is 0.337 e. The fraction of sp³-hybridized carbons (Fsp3) is 0.103. The van der Waals surface area contributed by atoms with Crippen molar-refractivity contribution in [1.29, 1.82) is 0 Å². The summed E-state index contributed by atoms with van der Waals surface area (Å²) in [6.45, 7) is 0.469. The first kappa shape index (κ1) is 20.2. The average molecular weight is 447 g/mol. The van der Waals surface area contributed by atoms with E-state index in [1.54, 1.807) is 6.07 Å². The molecule has 0 bridgehead atoms. The molecule has 1 N–H and O–H groups in total. The van der Waals surface area contributed by atoms with Crippen LogP contribution in [0.5, 0.6) is 11.5 Å². The van der Waals surface area contributed by atoms with Gasteiger partial charge in [-0.15, -0.1) is 0 Å². The van der Waals surface area contributed by atoms with Crippen molar-refractivity contribution >= 4 is 27.8 Å². The molecule has 1 aromatic heterocycles. The maximum Gasteiger partial charge on any atom is 0.337 e. The van der Waals surface area contributed by atoms with Gasteiger partial charge in [-0.2, -0.15) is 0 Å². The average Bonchev–Trinajstić information content (AvgIpc) is 2.88. The van der Waals surface area contributed by atoms with Gasteiger partial charge in [-0.3, -0.25) is 0 Å². The molecular formula is C29H21NO4. The number of aromatic carboxylic acids is 1. The molecule has 0 amide bonds. The topological polar surface area (TPSA) is 68.7 Å². The lowest BCUT2D eigenvalue weighted by atomic mass is 9.96. The highest BCUT2D eigenvalue weighted by Gasteiger charge is 2.22. The molecule has 1 aliphatic rings. The van der Waals surface area contributed by atoms with Crippen LogP contribution in [0, 0.1) is 0 Å². The van der Waals surface area contributed by atoms with Crippen LogP contribution in [0.1, 0.15) is 33.2 Å². The fourth-order valence-corrected chi connectivity index (χ4v) is 4.50. The van der Waals surface area contributed by atoms with Crippen LogP contribution in [0.25, 0.3) is 21.8 Å². The number of carboxylic acids is 1. The summed E-state index contributed by atoms with van der Waals surface area (Å²) in [5, 5.41) is 11.5. The molecule has 0 radical (unpaired) electrons. The summed E-state index contributed by atoms with van der Waals surface area (Å²) in [5.74, 6) is 0.556. The molecule has 5 aromatic rings. The Hall–Kier alpha value is -4.38. The van der Waals surface area contributed by atoms with E-state index in [-0.39, 0.29) is 11.7 Å². The highest BCUT2D eigenvalue weighted by Crippen LogP contribution is 2.36. The van der Waals surface area contributed by atoms with E-state index in [1.807, 2.05) is 60.7 Å². The van der Waals surface area contributed by atoms with Crippen molar-refractivity contribution in [2.45, 2.75) is 12.5 Å². The summed E-state index contributed by atoms with van der Waals surface area (Å²) in [5.41, 5.74) is 4.74. The van der Waals surface area contributed by atoms with Crippen molar-refractivity contribution in [3.8, 4) is 11.5 Å². The number of carboxylic acid groups (broad SMARTS) is 1. The molecule has 0 spiro atoms. The Labute approximate surface area is 196 Å². The van der Waals surface area contributed by atoms with Crippen molar-refractivity contribution in [1.82, 2.24) is 4.98 Å². The van der Waals surface area contributed by atoms with E-state index in [0.29, 0.717) is 18.5 Å². The van der Waals surface area contributed by atoms with Crippen LogP contribution in [0.3, 0.4) is 0 Å². The van der Waals surface area contributed by atoms with E-state index in [2.05, 4.69) is 29.2 Å². The van der Waals surface area contributed by atoms with E-state index in [1.165, 1.54) is 0 Å². The highest BCUT2D eigenvalue weighted by molar-refractivity contribution is 6.06. The number of aromatic nitrogens is 1. The standard InChI is InChI=1S/C29H21NO4/c31-29(32)22-14-13-20(23-16-21-5-1-2-6-24(21)30-28(22)23)15-18-9-11-19(12-10-18)27-17-33-25-7-3-4-8-26(25)34-27/h1-14,16,27H,15,17H2,(H,31,32)/t27-/m1/s1. The third-order valence-electron chi connectivity index (χ3n) is 6.26. The number of para-hydroxylation sites is 3. The summed E-state index contributed by atoms with van der Waals surface area (Å²) < 4.78 is 12.0. The second kappa shape index (κ2) is 8.19. The van der Waals surface area contributed by atoms with Crippen molar-refractivity contribution in [2.75, 3.05) is 6.61 Å². The number of ether oxygens (including phenoxy) is 2. The van der Waals surface area contributed by atoms with Gasteiger partial charge in [0.1, 0.15) is 6.61 Å². The number of nitrogens with zero attached hydrogens (tertiary/aromatic N) is 1. The zero-order valence-electron chi connectivity index (χ0n) is 18.3. The second-order valence-electron chi connectivity index (χ2n) is 8.44. The normalized spacial score (nSPS) is 14.9. The number of hydrogen-bond acceptors (Lipinski definition) is 4. The molecule has 34 heavy (non-hydrogen) atoms. The number of carbonyl (C=O) groups is 1. The molecule has 5 heteroatoms. The first-order valence-corrected chi connectivity index (χ1v) is 11.2. The lowest BCUT2D eigenvalue weighted by molar-refractivity contribution is 0.0699. The second-order valence-corrected chi connectivity index (χ2v) is 8.44. The molecule has 0 saturated heterocycles. The quantitative estimate of drug-likeness (QED) is 0.333. The van der Waals surface area contributed by atoms with E-state index >= 15 is 0 Å². The van der Waals surface area contributed by atoms with Gasteiger partial charge in [-0.05, 0) is 53.4 Å². The number of benzene rings is 4. The Morgan fingerprint density at radius 1 is 0.912 bits per heavy atom. The van der Waals surface area contributed by atoms with Gasteiger partial charge < -0.3 is 14.6 Å². The van der Waals surface area contributed by atoms with E-state index in [4.69, 9.17) is 9.47 Å². The summed E-state index contributed by atoms with van der Waals surface area (Å²) in [4.78, 5) is 16.5. The highest BCUT2D eigenvalue weighted by atomic mass is 16.6. The molecule has 0 aliphatic carbocycles. The molecule has 0 saturated carbocycles. The molecule has 5 nitrogen and oxygen atoms in total. The van der Waals surface area contributed by atoms with Crippen LogP contribution in [0.2, 0.25) is 0 Å². The zero-order chi connectivity index (χ0) is 23.1. The van der Waals surface area contributed by atoms with Crippen molar-refractivity contribution in [3.05, 3.63) is 113 Å². The number of fused-ring (bicyclic) bond motifs is 3. The Morgan fingerprint density at radius 2 is 1.68 bits per heavy atom. The Kier molecular flexibility index (Phi) is 4.88. The van der Waals surface area contributed by atoms with Gasteiger partial charge in [0.25, 0.3) is 0 Å². The Bertz CT molecular complexity index is 1540. The van der Waals surface area contributed by atoms with Crippen molar-refractivity contribution in [2.24, 2.45) is 0 Å². The summed E-state index contributed by atoms with van der Waals surface area (Å²) in [6.07, 6.45) is 0.511. The minimum absolute atomic E-state index is 0.157. The van der Waals surface area contributed by atoms with Crippen molar-refractivity contribution in [3.63, 3.8) is 0 Å². The first-order valence-electron chi connectivity index (χ1n) is 11.2. The molecule has 2 heterocycles. The summed E-state index contributed by atoms with van der Waals surface area (Å²) >= 11 is 0. The first-order chi connectivity index (χ1) is 16.7. The van der Waals surface area contributed by atoms with Gasteiger partial charge >= 0.3 is 5.97 Å². The predicted octanol–water partition coefficient (Wildman–Crippen LogP) is 6.19. The van der Waals surface area contributed by atoms with E-state index in [9.17, 15) is 9.90 Å². The van der Waals surface area contributed by atoms with Gasteiger partial charge in [0.15, 0.2) is 17.6 Å². The number of pyridine rings is 1. The van der Waals surface area contributed by atoms with Crippen LogP contribution in [-0.4, -0.2) is 22.7 Å². The van der Waals surface area contributed by atoms with Crippen LogP contribution < -0.4 is 9.47 Å². The maximum atomic E-state index is 11.8. The summed E-state index contributed by atoms with van der Waals surface area (Å²) in [6, 6.07) is 29.4. The van der Waals surface area contributed by atoms with Crippen LogP contribution >= 0.6 is 0 Å². The van der Waals surface area contributed by atoms with Crippen LogP contribution in [0.15, 0.2) is 91.0 Å². The third kappa shape index (κ3) is 3.61. The van der Waals surface area contributed by atoms with E-state index in [0.717, 1.165) is 44.5 Å². The van der Waals surface area contributed by atoms with Gasteiger partial charge in [0.05, 0.1) is 16.6 Å². The molecular weight excluding hydrogens is 426 g/mol. The monoisotopic (exact) mass is 447 g/mol. The Balaban J connectivity index is 1.32. The molecule has 1 atom stereocenters. The number of rotatable bonds is 4. The van der Waals surface area contributed by atoms with Crippen LogP contribution in [0.4, 0.5) is 0 Å². The largest absolute Gasteiger partial charge is 0.485 e. The maximum absolute atomic E-state index is 11.8. The SMILES string of the molecule is O=C(O)c1ccc(Cc2ccc([C@H]3COc4ccccc4O3)cc2)c2cc3ccccc3nc12. The molecule has 0 unspecified atom stereocenters. The van der Waals surface area contributed by atoms with E-state index < -0.39 is 5.97 Å². The third-order valence-corrected chi connectivity index (χ3v) is 6.26. The lowest BCUT2D eigenvalue weighted by Gasteiger charge is -2.26. The fourth-order valence-electron chi connectivity index (χ4n) is 4.50. The summed E-state index contributed by atoms with van der Waals surface area (Å²) in [7, 11) is 0.